The minimum absolute atomic E-state index is 0.00104. The molecule has 0 aliphatic heterocycles. The summed E-state index contributed by atoms with van der Waals surface area (Å²) < 4.78 is 42.6. The van der Waals surface area contributed by atoms with Crippen LogP contribution in [0.3, 0.4) is 0 Å². The van der Waals surface area contributed by atoms with E-state index in [2.05, 4.69) is 6.92 Å². The lowest BCUT2D eigenvalue weighted by Gasteiger charge is -2.08. The molecule has 0 bridgehead atoms. The molecule has 0 atom stereocenters. The van der Waals surface area contributed by atoms with Gasteiger partial charge < -0.3 is 43.0 Å². The molecule has 0 fully saturated rings. The van der Waals surface area contributed by atoms with Crippen LogP contribution in [-0.2, 0) is 47.5 Å². The van der Waals surface area contributed by atoms with E-state index in [1.807, 2.05) is 0 Å². The van der Waals surface area contributed by atoms with Gasteiger partial charge in [-0.15, -0.1) is 0 Å². The number of esters is 1. The van der Waals surface area contributed by atoms with Crippen molar-refractivity contribution in [1.29, 1.82) is 0 Å². The number of hydrogen-bond acceptors (Lipinski definition) is 10. The smallest absolute Gasteiger partial charge is 0.305 e. The van der Waals surface area contributed by atoms with Gasteiger partial charge in [0.25, 0.3) is 0 Å². The molecule has 0 aliphatic carbocycles. The van der Waals surface area contributed by atoms with Crippen LogP contribution in [0.25, 0.3) is 0 Å². The minimum Gasteiger partial charge on any atom is -0.481 e. The molecule has 11 nitrogen and oxygen atoms in total. The number of carbonyl (C=O) groups is 2. The van der Waals surface area contributed by atoms with Crippen molar-refractivity contribution in [3.63, 3.8) is 0 Å². The maximum absolute atomic E-state index is 11.7. The van der Waals surface area contributed by atoms with Gasteiger partial charge in [0, 0.05) is 6.42 Å². The molecule has 0 aromatic carbocycles. The highest BCUT2D eigenvalue weighted by molar-refractivity contribution is 5.69. The fourth-order valence-electron chi connectivity index (χ4n) is 3.09. The summed E-state index contributed by atoms with van der Waals surface area (Å²) in [5.74, 6) is -1.02. The number of ether oxygens (including phenoxy) is 8. The predicted molar refractivity (Wildman–Crippen MR) is 142 cm³/mol. The lowest BCUT2D eigenvalue weighted by Crippen LogP contribution is -2.15. The third-order valence-electron chi connectivity index (χ3n) is 5.17. The lowest BCUT2D eigenvalue weighted by atomic mass is 10.1. The van der Waals surface area contributed by atoms with Gasteiger partial charge in [0.05, 0.1) is 98.9 Å². The molecule has 0 aromatic rings. The van der Waals surface area contributed by atoms with E-state index in [1.54, 1.807) is 0 Å². The summed E-state index contributed by atoms with van der Waals surface area (Å²) in [6.45, 7) is 8.52. The van der Waals surface area contributed by atoms with Crippen molar-refractivity contribution in [2.24, 2.45) is 0 Å². The molecule has 38 heavy (non-hydrogen) atoms. The van der Waals surface area contributed by atoms with E-state index in [9.17, 15) is 9.59 Å². The van der Waals surface area contributed by atoms with E-state index in [0.717, 1.165) is 12.8 Å². The highest BCUT2D eigenvalue weighted by Gasteiger charge is 2.02. The molecule has 226 valence electrons. The zero-order chi connectivity index (χ0) is 27.8. The van der Waals surface area contributed by atoms with Crippen molar-refractivity contribution >= 4 is 11.9 Å². The average Bonchev–Trinajstić information content (AvgIpc) is 2.90. The van der Waals surface area contributed by atoms with Crippen LogP contribution >= 0.6 is 0 Å². The Morgan fingerprint density at radius 2 is 0.789 bits per heavy atom. The van der Waals surface area contributed by atoms with Gasteiger partial charge >= 0.3 is 11.9 Å². The molecule has 0 saturated heterocycles. The Hall–Kier alpha value is -1.34. The van der Waals surface area contributed by atoms with E-state index in [-0.39, 0.29) is 25.6 Å². The van der Waals surface area contributed by atoms with Gasteiger partial charge in [-0.1, -0.05) is 45.4 Å². The monoisotopic (exact) mass is 552 g/mol. The Kier molecular flexibility index (Phi) is 30.8. The number of hydrogen-bond donors (Lipinski definition) is 1. The van der Waals surface area contributed by atoms with Crippen LogP contribution in [0, 0.1) is 0 Å². The van der Waals surface area contributed by atoms with Crippen molar-refractivity contribution in [2.75, 3.05) is 99.1 Å². The Labute approximate surface area is 228 Å². The molecule has 0 aromatic heterocycles. The van der Waals surface area contributed by atoms with Crippen molar-refractivity contribution in [1.82, 2.24) is 0 Å². The zero-order valence-corrected chi connectivity index (χ0v) is 23.5. The molecule has 0 saturated carbocycles. The third-order valence-corrected chi connectivity index (χ3v) is 5.17. The quantitative estimate of drug-likeness (QED) is 0.0975. The highest BCUT2D eigenvalue weighted by atomic mass is 16.6. The number of rotatable bonds is 32. The summed E-state index contributed by atoms with van der Waals surface area (Å²) in [6.07, 6.45) is 8.77. The van der Waals surface area contributed by atoms with Gasteiger partial charge in [0.1, 0.15) is 6.61 Å². The van der Waals surface area contributed by atoms with Crippen LogP contribution in [0.1, 0.15) is 64.7 Å². The van der Waals surface area contributed by atoms with Gasteiger partial charge in [-0.3, -0.25) is 9.59 Å². The van der Waals surface area contributed by atoms with E-state index < -0.39 is 5.97 Å². The first-order chi connectivity index (χ1) is 18.7. The second-order valence-electron chi connectivity index (χ2n) is 8.52. The van der Waals surface area contributed by atoms with Crippen LogP contribution in [0.15, 0.2) is 0 Å². The minimum atomic E-state index is -0.874. The molecule has 0 rings (SSSR count). The normalized spacial score (nSPS) is 11.2. The first kappa shape index (κ1) is 36.7. The van der Waals surface area contributed by atoms with Gasteiger partial charge in [-0.25, -0.2) is 0 Å². The van der Waals surface area contributed by atoms with Crippen LogP contribution in [-0.4, -0.2) is 116 Å². The van der Waals surface area contributed by atoms with Crippen molar-refractivity contribution < 1.29 is 52.6 Å². The van der Waals surface area contributed by atoms with Crippen LogP contribution < -0.4 is 0 Å². The number of aliphatic carboxylic acids is 1. The maximum Gasteiger partial charge on any atom is 0.305 e. The van der Waals surface area contributed by atoms with E-state index >= 15 is 0 Å². The summed E-state index contributed by atoms with van der Waals surface area (Å²) in [7, 11) is 0. The second-order valence-corrected chi connectivity index (χ2v) is 8.52. The first-order valence-corrected chi connectivity index (χ1v) is 14.1. The molecule has 1 N–H and O–H groups in total. The first-order valence-electron chi connectivity index (χ1n) is 14.1. The van der Waals surface area contributed by atoms with Crippen molar-refractivity contribution in [2.45, 2.75) is 64.7 Å². The van der Waals surface area contributed by atoms with Crippen molar-refractivity contribution in [3.8, 4) is 0 Å². The predicted octanol–water partition coefficient (Wildman–Crippen LogP) is 3.26. The summed E-state index contributed by atoms with van der Waals surface area (Å²) in [5.41, 5.74) is 0. The molecule has 0 amide bonds. The second kappa shape index (κ2) is 31.9. The molecule has 0 spiro atoms. The largest absolute Gasteiger partial charge is 0.481 e. The van der Waals surface area contributed by atoms with Crippen LogP contribution in [0.2, 0.25) is 0 Å². The number of carboxylic acid groups (broad SMARTS) is 1. The number of carboxylic acids is 1. The van der Waals surface area contributed by atoms with E-state index in [1.165, 1.54) is 32.1 Å². The Balaban J connectivity index is 3.11. The fourth-order valence-corrected chi connectivity index (χ4v) is 3.09. The summed E-state index contributed by atoms with van der Waals surface area (Å²) >= 11 is 0. The average molecular weight is 553 g/mol. The molecular formula is C27H52O11. The molecular weight excluding hydrogens is 500 g/mol. The highest BCUT2D eigenvalue weighted by Crippen LogP contribution is 2.08. The number of carbonyl (C=O) groups excluding carboxylic acids is 1. The number of unbranched alkanes of at least 4 members (excludes halogenated alkanes) is 6. The molecule has 0 unspecified atom stereocenters. The van der Waals surface area contributed by atoms with Crippen molar-refractivity contribution in [3.05, 3.63) is 0 Å². The Morgan fingerprint density at radius 3 is 1.18 bits per heavy atom. The molecule has 0 aliphatic rings. The van der Waals surface area contributed by atoms with Gasteiger partial charge in [0.15, 0.2) is 0 Å². The fraction of sp³-hybridized carbons (Fsp3) is 0.926. The topological polar surface area (TPSA) is 128 Å². The Bertz CT molecular complexity index is 505. The Morgan fingerprint density at radius 1 is 0.447 bits per heavy atom. The lowest BCUT2D eigenvalue weighted by molar-refractivity contribution is -0.145. The van der Waals surface area contributed by atoms with Gasteiger partial charge in [0.2, 0.25) is 0 Å². The molecule has 11 heteroatoms. The summed E-state index contributed by atoms with van der Waals surface area (Å²) in [4.78, 5) is 22.0. The van der Waals surface area contributed by atoms with E-state index in [4.69, 9.17) is 43.0 Å². The van der Waals surface area contributed by atoms with Gasteiger partial charge in [-0.05, 0) is 6.42 Å². The summed E-state index contributed by atoms with van der Waals surface area (Å²) in [5, 5.41) is 8.47. The van der Waals surface area contributed by atoms with Crippen LogP contribution in [0.4, 0.5) is 0 Å². The van der Waals surface area contributed by atoms with E-state index in [0.29, 0.717) is 92.3 Å². The van der Waals surface area contributed by atoms with Crippen LogP contribution in [0.5, 0.6) is 0 Å². The zero-order valence-electron chi connectivity index (χ0n) is 23.5. The summed E-state index contributed by atoms with van der Waals surface area (Å²) in [6, 6.07) is 0. The third kappa shape index (κ3) is 32.7. The van der Waals surface area contributed by atoms with Gasteiger partial charge in [-0.2, -0.15) is 0 Å². The maximum atomic E-state index is 11.7. The molecule has 0 heterocycles. The SMILES string of the molecule is CCCCCCCCCC(=O)OCCOCCOCCOCCOCCOCCOCCOCCC(=O)O. The standard InChI is InChI=1S/C27H52O11/c1-2-3-4-5-6-7-8-9-27(30)38-25-24-37-23-22-36-21-20-35-19-18-34-17-16-33-15-14-32-13-12-31-11-10-26(28)29/h2-25H2,1H3,(H,28,29). The molecule has 0 radical (unpaired) electrons.